The first-order valence-corrected chi connectivity index (χ1v) is 23.0. The molecule has 0 heteroatoms. The largest absolute Gasteiger partial charge is 0.0694 e. The third kappa shape index (κ3) is 8.21. The molecule has 0 nitrogen and oxygen atoms in total. The Bertz CT molecular complexity index is 3140. The fraction of sp³-hybridized carbons (Fsp3) is 0.125. The summed E-state index contributed by atoms with van der Waals surface area (Å²) < 4.78 is 0. The van der Waals surface area contributed by atoms with Crippen LogP contribution >= 0.6 is 0 Å². The Balaban J connectivity index is 0.908. The fourth-order valence-corrected chi connectivity index (χ4v) is 9.84. The second kappa shape index (κ2) is 17.8. The van der Waals surface area contributed by atoms with E-state index < -0.39 is 0 Å². The van der Waals surface area contributed by atoms with Crippen LogP contribution in [0.2, 0.25) is 0 Å². The second-order valence-corrected chi connectivity index (χ2v) is 17.7. The summed E-state index contributed by atoms with van der Waals surface area (Å²) in [5.41, 5.74) is 27.6. The van der Waals surface area contributed by atoms with Crippen molar-refractivity contribution in [2.24, 2.45) is 0 Å². The highest BCUT2D eigenvalue weighted by Crippen LogP contribution is 2.42. The highest BCUT2D eigenvalue weighted by molar-refractivity contribution is 5.86. The van der Waals surface area contributed by atoms with Gasteiger partial charge in [0.25, 0.3) is 0 Å². The van der Waals surface area contributed by atoms with E-state index in [9.17, 15) is 0 Å². The number of benzene rings is 8. The first-order valence-electron chi connectivity index (χ1n) is 23.0. The van der Waals surface area contributed by atoms with E-state index in [0.717, 1.165) is 19.3 Å². The third-order valence-corrected chi connectivity index (χ3v) is 13.5. The van der Waals surface area contributed by atoms with Crippen molar-refractivity contribution < 1.29 is 0 Å². The monoisotopic (exact) mass is 822 g/mol. The van der Waals surface area contributed by atoms with Gasteiger partial charge in [-0.1, -0.05) is 220 Å². The summed E-state index contributed by atoms with van der Waals surface area (Å²) in [6, 6.07) is 67.5. The molecule has 2 aliphatic carbocycles. The maximum absolute atomic E-state index is 2.43. The molecule has 310 valence electrons. The Morgan fingerprint density at radius 1 is 0.469 bits per heavy atom. The fourth-order valence-electron chi connectivity index (χ4n) is 9.84. The molecular formula is C64H54. The minimum atomic E-state index is 0.202. The van der Waals surface area contributed by atoms with Crippen molar-refractivity contribution in [2.75, 3.05) is 0 Å². The van der Waals surface area contributed by atoms with E-state index in [1.807, 2.05) is 0 Å². The van der Waals surface area contributed by atoms with Crippen molar-refractivity contribution >= 4 is 11.1 Å². The molecule has 0 spiro atoms. The number of hydrogen-bond acceptors (Lipinski definition) is 0. The lowest BCUT2D eigenvalue weighted by Gasteiger charge is -2.14. The van der Waals surface area contributed by atoms with E-state index in [0.29, 0.717) is 0 Å². The number of fused-ring (bicyclic) bond motifs is 6. The molecule has 0 amide bonds. The van der Waals surface area contributed by atoms with Crippen molar-refractivity contribution in [1.29, 1.82) is 0 Å². The predicted molar refractivity (Wildman–Crippen MR) is 274 cm³/mol. The van der Waals surface area contributed by atoms with Crippen LogP contribution in [0.4, 0.5) is 0 Å². The maximum atomic E-state index is 2.43. The van der Waals surface area contributed by atoms with Crippen LogP contribution in [0.1, 0.15) is 78.1 Å². The molecule has 0 radical (unpaired) electrons. The highest BCUT2D eigenvalue weighted by Gasteiger charge is 2.22. The van der Waals surface area contributed by atoms with Gasteiger partial charge in [0, 0.05) is 0 Å². The van der Waals surface area contributed by atoms with Gasteiger partial charge in [-0.05, 0) is 162 Å². The van der Waals surface area contributed by atoms with Crippen molar-refractivity contribution in [2.45, 2.75) is 52.9 Å². The molecule has 10 rings (SSSR count). The average Bonchev–Trinajstić information content (AvgIpc) is 3.93. The molecule has 1 unspecified atom stereocenters. The first-order chi connectivity index (χ1) is 31.4. The third-order valence-electron chi connectivity index (χ3n) is 13.5. The molecule has 64 heavy (non-hydrogen) atoms. The topological polar surface area (TPSA) is 0 Å². The van der Waals surface area contributed by atoms with E-state index in [4.69, 9.17) is 0 Å². The van der Waals surface area contributed by atoms with Gasteiger partial charge in [0.2, 0.25) is 0 Å². The molecule has 8 aromatic rings. The Morgan fingerprint density at radius 2 is 1.09 bits per heavy atom. The summed E-state index contributed by atoms with van der Waals surface area (Å²) in [7, 11) is 0. The van der Waals surface area contributed by atoms with Crippen LogP contribution < -0.4 is 0 Å². The second-order valence-electron chi connectivity index (χ2n) is 17.7. The quantitative estimate of drug-likeness (QED) is 0.114. The van der Waals surface area contributed by atoms with Crippen LogP contribution in [0.3, 0.4) is 0 Å². The molecule has 0 heterocycles. The minimum absolute atomic E-state index is 0.202. The number of allylic oxidation sites excluding steroid dienone is 8. The number of aryl methyl sites for hydroxylation is 1. The molecule has 0 bridgehead atoms. The highest BCUT2D eigenvalue weighted by atomic mass is 14.3. The molecular weight excluding hydrogens is 769 g/mol. The van der Waals surface area contributed by atoms with Gasteiger partial charge in [-0.15, -0.1) is 0 Å². The van der Waals surface area contributed by atoms with Crippen LogP contribution in [0, 0.1) is 0 Å². The SMILES string of the molecule is CCc1ccccc1-c1cccc(C(/C=C\C(C)=C\C=C(/C)c2ccc(-c3ccc4c(c3)-c3ccccc3C4)cc2)=C/C(C)c2ccc(-c3cccc4c3Cc3ccccc3-4)cc2)c1. The molecule has 2 aliphatic rings. The van der Waals surface area contributed by atoms with Gasteiger partial charge in [0.1, 0.15) is 0 Å². The normalized spacial score (nSPS) is 13.7. The molecule has 0 fully saturated rings. The minimum Gasteiger partial charge on any atom is -0.0694 e. The zero-order valence-electron chi connectivity index (χ0n) is 37.4. The van der Waals surface area contributed by atoms with Gasteiger partial charge in [0.15, 0.2) is 0 Å². The van der Waals surface area contributed by atoms with E-state index in [2.05, 4.69) is 240 Å². The first kappa shape index (κ1) is 40.8. The van der Waals surface area contributed by atoms with Crippen molar-refractivity contribution in [1.82, 2.24) is 0 Å². The summed E-state index contributed by atoms with van der Waals surface area (Å²) in [5.74, 6) is 0.202. The van der Waals surface area contributed by atoms with Gasteiger partial charge in [-0.2, -0.15) is 0 Å². The molecule has 8 aromatic carbocycles. The molecule has 0 saturated carbocycles. The Labute approximate surface area is 380 Å². The summed E-state index contributed by atoms with van der Waals surface area (Å²) in [4.78, 5) is 0. The van der Waals surface area contributed by atoms with Crippen molar-refractivity contribution in [3.63, 3.8) is 0 Å². The average molecular weight is 823 g/mol. The van der Waals surface area contributed by atoms with E-state index in [-0.39, 0.29) is 5.92 Å². The van der Waals surface area contributed by atoms with Gasteiger partial charge >= 0.3 is 0 Å². The lowest BCUT2D eigenvalue weighted by Crippen LogP contribution is -1.94. The Morgan fingerprint density at radius 3 is 1.88 bits per heavy atom. The molecule has 1 atom stereocenters. The smallest absolute Gasteiger partial charge is 0.000123 e. The Kier molecular flexibility index (Phi) is 11.4. The molecule has 0 saturated heterocycles. The van der Waals surface area contributed by atoms with E-state index in [1.165, 1.54) is 117 Å². The summed E-state index contributed by atoms with van der Waals surface area (Å²) in [6.07, 6.45) is 14.5. The Hall–Kier alpha value is -7.28. The zero-order chi connectivity index (χ0) is 43.6. The van der Waals surface area contributed by atoms with Crippen molar-refractivity contribution in [3.8, 4) is 55.6 Å². The number of hydrogen-bond donors (Lipinski definition) is 0. The van der Waals surface area contributed by atoms with Gasteiger partial charge in [-0.25, -0.2) is 0 Å². The number of rotatable bonds is 11. The summed E-state index contributed by atoms with van der Waals surface area (Å²) in [5, 5.41) is 0. The van der Waals surface area contributed by atoms with Crippen LogP contribution in [0.5, 0.6) is 0 Å². The molecule has 0 aliphatic heterocycles. The maximum Gasteiger partial charge on any atom is -0.000123 e. The molecule has 0 N–H and O–H groups in total. The van der Waals surface area contributed by atoms with Gasteiger partial charge < -0.3 is 0 Å². The van der Waals surface area contributed by atoms with E-state index in [1.54, 1.807) is 0 Å². The van der Waals surface area contributed by atoms with Crippen LogP contribution in [0.15, 0.2) is 218 Å². The van der Waals surface area contributed by atoms with E-state index >= 15 is 0 Å². The molecule has 0 aromatic heterocycles. The van der Waals surface area contributed by atoms with Crippen molar-refractivity contribution in [3.05, 3.63) is 262 Å². The van der Waals surface area contributed by atoms with Gasteiger partial charge in [0.05, 0.1) is 0 Å². The van der Waals surface area contributed by atoms with Crippen LogP contribution in [-0.2, 0) is 19.3 Å². The van der Waals surface area contributed by atoms with Crippen LogP contribution in [-0.4, -0.2) is 0 Å². The standard InChI is InChI=1S/C64H54/c1-5-46-14-6-9-19-58(46)54-18-12-17-51(39-54)52(38-45(4)48-30-34-50(35-31-48)59-22-13-23-62-60-20-10-8-16-56(60)42-64(59)62)27-25-43(2)24-26-44(3)47-28-32-49(33-29-47)53-36-37-57-40-55-15-7-11-21-61(55)63(57)41-53/h6-39,41,45H,5,40,42H2,1-4H3/b27-25-,43-24+,44-26+,52-38+. The lowest BCUT2D eigenvalue weighted by atomic mass is 9.90. The van der Waals surface area contributed by atoms with Crippen LogP contribution in [0.25, 0.3) is 66.8 Å². The summed E-state index contributed by atoms with van der Waals surface area (Å²) >= 11 is 0. The summed E-state index contributed by atoms with van der Waals surface area (Å²) in [6.45, 7) is 8.96. The predicted octanol–water partition coefficient (Wildman–Crippen LogP) is 17.2. The van der Waals surface area contributed by atoms with Gasteiger partial charge in [-0.3, -0.25) is 0 Å². The zero-order valence-corrected chi connectivity index (χ0v) is 37.4. The lowest BCUT2D eigenvalue weighted by molar-refractivity contribution is 0.970.